The third-order valence-corrected chi connectivity index (χ3v) is 4.01. The summed E-state index contributed by atoms with van der Waals surface area (Å²) < 4.78 is 0. The van der Waals surface area contributed by atoms with Crippen LogP contribution in [-0.4, -0.2) is 34.0 Å². The summed E-state index contributed by atoms with van der Waals surface area (Å²) in [5, 5.41) is 9.64. The molecule has 1 aliphatic rings. The summed E-state index contributed by atoms with van der Waals surface area (Å²) in [6.07, 6.45) is 2.08. The molecule has 0 saturated carbocycles. The average molecular weight is 303 g/mol. The van der Waals surface area contributed by atoms with Crippen LogP contribution in [0.1, 0.15) is 17.2 Å². The molecule has 108 valence electrons. The molecule has 1 aromatic carbocycles. The molecule has 1 N–H and O–H groups in total. The molecule has 5 heteroatoms. The minimum atomic E-state index is 0.0343. The predicted octanol–water partition coefficient (Wildman–Crippen LogP) is 2.61. The first-order valence-corrected chi connectivity index (χ1v) is 7.17. The lowest BCUT2D eigenvalue weighted by molar-refractivity contribution is -0.134. The first-order valence-electron chi connectivity index (χ1n) is 6.79. The second kappa shape index (κ2) is 5.74. The summed E-state index contributed by atoms with van der Waals surface area (Å²) in [7, 11) is 0. The van der Waals surface area contributed by atoms with Crippen molar-refractivity contribution < 1.29 is 9.90 Å². The Morgan fingerprint density at radius 2 is 2.14 bits per heavy atom. The van der Waals surface area contributed by atoms with Gasteiger partial charge in [0.25, 0.3) is 0 Å². The molecule has 0 aliphatic carbocycles. The zero-order chi connectivity index (χ0) is 14.8. The van der Waals surface area contributed by atoms with Gasteiger partial charge in [0.1, 0.15) is 5.75 Å². The van der Waals surface area contributed by atoms with Crippen LogP contribution in [0.3, 0.4) is 0 Å². The van der Waals surface area contributed by atoms with Gasteiger partial charge >= 0.3 is 0 Å². The fraction of sp³-hybridized carbons (Fsp3) is 0.250. The molecule has 2 aromatic rings. The number of likely N-dealkylation sites (tertiary alicyclic amines) is 1. The third-order valence-electron chi connectivity index (χ3n) is 3.71. The lowest BCUT2D eigenvalue weighted by Gasteiger charge is -2.39. The summed E-state index contributed by atoms with van der Waals surface area (Å²) >= 11 is 5.84. The Kier molecular flexibility index (Phi) is 3.80. The number of aromatic nitrogens is 1. The summed E-state index contributed by atoms with van der Waals surface area (Å²) in [6.45, 7) is 1.42. The lowest BCUT2D eigenvalue weighted by atomic mass is 9.95. The number of carbonyl (C=O) groups is 1. The van der Waals surface area contributed by atoms with Crippen LogP contribution >= 0.6 is 11.6 Å². The van der Waals surface area contributed by atoms with Gasteiger partial charge in [-0.15, -0.1) is 0 Å². The van der Waals surface area contributed by atoms with E-state index in [0.717, 1.165) is 11.3 Å². The zero-order valence-corrected chi connectivity index (χ0v) is 12.1. The Morgan fingerprint density at radius 1 is 1.33 bits per heavy atom. The van der Waals surface area contributed by atoms with Crippen molar-refractivity contribution in [2.24, 2.45) is 0 Å². The van der Waals surface area contributed by atoms with Crippen molar-refractivity contribution >= 4 is 17.5 Å². The van der Waals surface area contributed by atoms with E-state index in [1.165, 1.54) is 6.07 Å². The molecule has 0 radical (unpaired) electrons. The fourth-order valence-electron chi connectivity index (χ4n) is 2.43. The highest BCUT2D eigenvalue weighted by Crippen LogP contribution is 2.27. The minimum Gasteiger partial charge on any atom is -0.506 e. The third kappa shape index (κ3) is 3.00. The van der Waals surface area contributed by atoms with Gasteiger partial charge in [-0.1, -0.05) is 23.7 Å². The number of hydrogen-bond donors (Lipinski definition) is 1. The number of carbonyl (C=O) groups excluding carboxylic acids is 1. The normalized spacial score (nSPS) is 14.8. The van der Waals surface area contributed by atoms with Crippen molar-refractivity contribution in [3.63, 3.8) is 0 Å². The minimum absolute atomic E-state index is 0.0343. The molecule has 1 aliphatic heterocycles. The maximum absolute atomic E-state index is 12.2. The van der Waals surface area contributed by atoms with E-state index < -0.39 is 0 Å². The number of amides is 1. The number of benzene rings is 1. The van der Waals surface area contributed by atoms with Crippen molar-refractivity contribution in [1.29, 1.82) is 0 Å². The van der Waals surface area contributed by atoms with Gasteiger partial charge in [-0.2, -0.15) is 0 Å². The molecule has 0 atom stereocenters. The van der Waals surface area contributed by atoms with Crippen molar-refractivity contribution in [2.45, 2.75) is 12.3 Å². The van der Waals surface area contributed by atoms with Gasteiger partial charge in [-0.25, -0.2) is 0 Å². The van der Waals surface area contributed by atoms with Crippen LogP contribution in [0.25, 0.3) is 0 Å². The molecular formula is C16H15ClN2O2. The van der Waals surface area contributed by atoms with Gasteiger partial charge in [0.05, 0.1) is 11.4 Å². The van der Waals surface area contributed by atoms with Crippen LogP contribution in [0.2, 0.25) is 5.02 Å². The highest BCUT2D eigenvalue weighted by atomic mass is 35.5. The number of rotatable bonds is 3. The van der Waals surface area contributed by atoms with E-state index in [1.54, 1.807) is 18.3 Å². The van der Waals surface area contributed by atoms with E-state index in [4.69, 9.17) is 11.6 Å². The average Bonchev–Trinajstić information content (AvgIpc) is 2.42. The summed E-state index contributed by atoms with van der Waals surface area (Å²) in [5.41, 5.74) is 1.85. The van der Waals surface area contributed by atoms with Crippen molar-refractivity contribution in [1.82, 2.24) is 9.88 Å². The number of halogens is 1. The van der Waals surface area contributed by atoms with E-state index in [1.807, 2.05) is 23.1 Å². The van der Waals surface area contributed by atoms with Crippen LogP contribution < -0.4 is 0 Å². The molecule has 4 nitrogen and oxygen atoms in total. The van der Waals surface area contributed by atoms with Gasteiger partial charge < -0.3 is 10.0 Å². The number of nitrogens with zero attached hydrogens (tertiary/aromatic N) is 2. The van der Waals surface area contributed by atoms with Gasteiger partial charge in [-0.05, 0) is 29.8 Å². The van der Waals surface area contributed by atoms with Crippen LogP contribution in [0.15, 0.2) is 42.6 Å². The first-order chi connectivity index (χ1) is 10.1. The molecule has 1 fully saturated rings. The topological polar surface area (TPSA) is 53.4 Å². The quantitative estimate of drug-likeness (QED) is 0.948. The standard InChI is InChI=1S/C16H15ClN2O2/c17-13-7-11(4-5-15(13)20)8-16(21)19-9-12(10-19)14-3-1-2-6-18-14/h1-7,12,20H,8-10H2. The predicted molar refractivity (Wildman–Crippen MR) is 80.4 cm³/mol. The molecule has 21 heavy (non-hydrogen) atoms. The first kappa shape index (κ1) is 13.9. The maximum atomic E-state index is 12.2. The second-order valence-corrected chi connectivity index (χ2v) is 5.62. The lowest BCUT2D eigenvalue weighted by Crippen LogP contribution is -2.49. The van der Waals surface area contributed by atoms with Crippen molar-refractivity contribution in [3.05, 3.63) is 58.9 Å². The molecule has 2 heterocycles. The Hall–Kier alpha value is -2.07. The Balaban J connectivity index is 1.57. The van der Waals surface area contributed by atoms with Crippen LogP contribution in [0, 0.1) is 0 Å². The zero-order valence-electron chi connectivity index (χ0n) is 11.4. The van der Waals surface area contributed by atoms with Crippen molar-refractivity contribution in [2.75, 3.05) is 13.1 Å². The fourth-order valence-corrected chi connectivity index (χ4v) is 2.64. The van der Waals surface area contributed by atoms with E-state index in [9.17, 15) is 9.90 Å². The highest BCUT2D eigenvalue weighted by Gasteiger charge is 2.32. The monoisotopic (exact) mass is 302 g/mol. The summed E-state index contributed by atoms with van der Waals surface area (Å²) in [5.74, 6) is 0.439. The molecule has 3 rings (SSSR count). The molecule has 1 aromatic heterocycles. The molecule has 0 bridgehead atoms. The van der Waals surface area contributed by atoms with Gasteiger partial charge in [0.2, 0.25) is 5.91 Å². The van der Waals surface area contributed by atoms with Crippen LogP contribution in [-0.2, 0) is 11.2 Å². The maximum Gasteiger partial charge on any atom is 0.227 e. The number of pyridine rings is 1. The molecular weight excluding hydrogens is 288 g/mol. The molecule has 1 amide bonds. The summed E-state index contributed by atoms with van der Waals surface area (Å²) in [4.78, 5) is 18.3. The second-order valence-electron chi connectivity index (χ2n) is 5.21. The SMILES string of the molecule is O=C(Cc1ccc(O)c(Cl)c1)N1CC(c2ccccn2)C1. The Morgan fingerprint density at radius 3 is 2.81 bits per heavy atom. The van der Waals surface area contributed by atoms with Crippen LogP contribution in [0.5, 0.6) is 5.75 Å². The van der Waals surface area contributed by atoms with E-state index in [0.29, 0.717) is 25.4 Å². The van der Waals surface area contributed by atoms with Gasteiger partial charge in [0, 0.05) is 30.9 Å². The number of phenolic OH excluding ortho intramolecular Hbond substituents is 1. The Bertz CT molecular complexity index is 655. The number of phenols is 1. The van der Waals surface area contributed by atoms with Gasteiger partial charge in [-0.3, -0.25) is 9.78 Å². The number of aromatic hydroxyl groups is 1. The van der Waals surface area contributed by atoms with Gasteiger partial charge in [0.15, 0.2) is 0 Å². The van der Waals surface area contributed by atoms with Crippen LogP contribution in [0.4, 0.5) is 0 Å². The molecule has 0 unspecified atom stereocenters. The number of hydrogen-bond acceptors (Lipinski definition) is 3. The summed E-state index contributed by atoms with van der Waals surface area (Å²) in [6, 6.07) is 10.7. The van der Waals surface area contributed by atoms with E-state index in [-0.39, 0.29) is 16.7 Å². The molecule has 1 saturated heterocycles. The largest absolute Gasteiger partial charge is 0.506 e. The smallest absolute Gasteiger partial charge is 0.227 e. The molecule has 0 spiro atoms. The Labute approximate surface area is 128 Å². The van der Waals surface area contributed by atoms with E-state index in [2.05, 4.69) is 4.98 Å². The highest BCUT2D eigenvalue weighted by molar-refractivity contribution is 6.32. The van der Waals surface area contributed by atoms with Crippen molar-refractivity contribution in [3.8, 4) is 5.75 Å². The van der Waals surface area contributed by atoms with E-state index >= 15 is 0 Å².